The average molecular weight is 382 g/mol. The Morgan fingerprint density at radius 1 is 1.21 bits per heavy atom. The van der Waals surface area contributed by atoms with E-state index in [9.17, 15) is 14.0 Å². The van der Waals surface area contributed by atoms with Crippen molar-refractivity contribution < 1.29 is 23.1 Å². The molecular weight excluding hydrogens is 367 g/mol. The number of ether oxygens (including phenoxy) is 2. The van der Waals surface area contributed by atoms with E-state index in [0.29, 0.717) is 11.3 Å². The van der Waals surface area contributed by atoms with Gasteiger partial charge in [-0.3, -0.25) is 9.59 Å². The van der Waals surface area contributed by atoms with Crippen molar-refractivity contribution in [3.63, 3.8) is 0 Å². The van der Waals surface area contributed by atoms with Crippen molar-refractivity contribution in [2.45, 2.75) is 13.2 Å². The highest BCUT2D eigenvalue weighted by molar-refractivity contribution is 5.96. The van der Waals surface area contributed by atoms with Crippen molar-refractivity contribution in [2.24, 2.45) is 5.10 Å². The summed E-state index contributed by atoms with van der Waals surface area (Å²) >= 11 is 0. The van der Waals surface area contributed by atoms with E-state index in [-0.39, 0.29) is 22.4 Å². The van der Waals surface area contributed by atoms with Gasteiger partial charge in [-0.25, -0.2) is 4.39 Å². The first-order chi connectivity index (χ1) is 13.5. The number of carbonyl (C=O) groups excluding carboxylic acids is 1. The van der Waals surface area contributed by atoms with Gasteiger partial charge in [-0.2, -0.15) is 5.01 Å². The van der Waals surface area contributed by atoms with Crippen LogP contribution in [-0.2, 0) is 9.53 Å². The monoisotopic (exact) mass is 382 g/mol. The zero-order chi connectivity index (χ0) is 19.8. The molecule has 1 aliphatic heterocycles. The van der Waals surface area contributed by atoms with Crippen LogP contribution in [0.4, 0.5) is 4.39 Å². The lowest BCUT2D eigenvalue weighted by molar-refractivity contribution is -0.135. The molecule has 7 nitrogen and oxygen atoms in total. The molecule has 0 fully saturated rings. The number of nitrogens with zero attached hydrogens (tertiary/aromatic N) is 2. The molecule has 0 aliphatic carbocycles. The first kappa shape index (κ1) is 17.7. The largest absolute Gasteiger partial charge is 0.497 e. The van der Waals surface area contributed by atoms with E-state index in [1.54, 1.807) is 31.4 Å². The van der Waals surface area contributed by atoms with Gasteiger partial charge in [0.05, 0.1) is 18.1 Å². The molecule has 2 aromatic carbocycles. The summed E-state index contributed by atoms with van der Waals surface area (Å²) < 4.78 is 29.9. The van der Waals surface area contributed by atoms with Crippen LogP contribution in [0.3, 0.4) is 0 Å². The minimum absolute atomic E-state index is 0.0422. The van der Waals surface area contributed by atoms with Crippen LogP contribution in [0.2, 0.25) is 0 Å². The van der Waals surface area contributed by atoms with Crippen molar-refractivity contribution in [3.05, 3.63) is 75.9 Å². The van der Waals surface area contributed by atoms with Gasteiger partial charge in [0.15, 0.2) is 0 Å². The molecule has 28 heavy (non-hydrogen) atoms. The fourth-order valence-corrected chi connectivity index (χ4v) is 2.91. The summed E-state index contributed by atoms with van der Waals surface area (Å²) in [7, 11) is 1.55. The lowest BCUT2D eigenvalue weighted by atomic mass is 10.1. The first-order valence-corrected chi connectivity index (χ1v) is 8.38. The number of hydrogen-bond donors (Lipinski definition) is 0. The van der Waals surface area contributed by atoms with Gasteiger partial charge >= 0.3 is 0 Å². The summed E-state index contributed by atoms with van der Waals surface area (Å²) in [5, 5.41) is 5.30. The van der Waals surface area contributed by atoms with Gasteiger partial charge in [-0.15, -0.1) is 5.10 Å². The highest BCUT2D eigenvalue weighted by Crippen LogP contribution is 2.30. The standard InChI is InChI=1S/C20H15FN2O5/c1-11(24)23-20(28-19(22-23)12-3-6-14(26-2)7-4-12)16-10-27-17-8-5-13(21)9-15(17)18(16)25/h3-10,20H,1-2H3. The molecule has 3 aromatic rings. The molecule has 0 saturated heterocycles. The molecule has 1 amide bonds. The Balaban J connectivity index is 1.75. The van der Waals surface area contributed by atoms with Crippen LogP contribution in [0.15, 0.2) is 63.0 Å². The Bertz CT molecular complexity index is 1150. The normalized spacial score (nSPS) is 16.0. The lowest BCUT2D eigenvalue weighted by Gasteiger charge is -2.18. The van der Waals surface area contributed by atoms with E-state index in [1.807, 2.05) is 0 Å². The number of carbonyl (C=O) groups is 1. The third-order valence-corrected chi connectivity index (χ3v) is 4.33. The number of hydrogen-bond acceptors (Lipinski definition) is 6. The number of hydrazone groups is 1. The van der Waals surface area contributed by atoms with Gasteiger partial charge in [-0.05, 0) is 42.5 Å². The van der Waals surface area contributed by atoms with Gasteiger partial charge in [0.2, 0.25) is 23.5 Å². The summed E-state index contributed by atoms with van der Waals surface area (Å²) in [6, 6.07) is 10.5. The number of halogens is 1. The predicted molar refractivity (Wildman–Crippen MR) is 98.3 cm³/mol. The Kier molecular flexibility index (Phi) is 4.31. The molecule has 2 heterocycles. The molecule has 4 rings (SSSR count). The van der Waals surface area contributed by atoms with Gasteiger partial charge in [0.25, 0.3) is 0 Å². The molecule has 1 aromatic heterocycles. The van der Waals surface area contributed by atoms with Crippen molar-refractivity contribution in [3.8, 4) is 5.75 Å². The summed E-state index contributed by atoms with van der Waals surface area (Å²) in [5.74, 6) is -0.170. The summed E-state index contributed by atoms with van der Waals surface area (Å²) in [4.78, 5) is 24.9. The maximum atomic E-state index is 13.6. The van der Waals surface area contributed by atoms with Crippen LogP contribution in [0.1, 0.15) is 24.3 Å². The van der Waals surface area contributed by atoms with Crippen LogP contribution in [0.25, 0.3) is 11.0 Å². The maximum Gasteiger partial charge on any atom is 0.243 e. The average Bonchev–Trinajstić information content (AvgIpc) is 3.14. The fourth-order valence-electron chi connectivity index (χ4n) is 2.91. The summed E-state index contributed by atoms with van der Waals surface area (Å²) in [5.41, 5.74) is 0.383. The molecule has 0 spiro atoms. The van der Waals surface area contributed by atoms with E-state index in [2.05, 4.69) is 5.10 Å². The zero-order valence-corrected chi connectivity index (χ0v) is 15.0. The van der Waals surface area contributed by atoms with Gasteiger partial charge in [0.1, 0.15) is 23.4 Å². The number of amides is 1. The first-order valence-electron chi connectivity index (χ1n) is 8.38. The van der Waals surface area contributed by atoms with Crippen LogP contribution in [0.5, 0.6) is 5.75 Å². The third kappa shape index (κ3) is 2.98. The second-order valence-electron chi connectivity index (χ2n) is 6.13. The molecule has 0 radical (unpaired) electrons. The Morgan fingerprint density at radius 2 is 1.96 bits per heavy atom. The minimum atomic E-state index is -1.11. The van der Waals surface area contributed by atoms with Gasteiger partial charge in [-0.1, -0.05) is 0 Å². The molecule has 1 aliphatic rings. The summed E-state index contributed by atoms with van der Waals surface area (Å²) in [6.07, 6.45) is 0.0915. The van der Waals surface area contributed by atoms with Crippen LogP contribution < -0.4 is 10.2 Å². The highest BCUT2D eigenvalue weighted by atomic mass is 19.1. The van der Waals surface area contributed by atoms with E-state index in [4.69, 9.17) is 13.9 Å². The zero-order valence-electron chi connectivity index (χ0n) is 15.0. The number of fused-ring (bicyclic) bond motifs is 1. The van der Waals surface area contributed by atoms with E-state index >= 15 is 0 Å². The van der Waals surface area contributed by atoms with Crippen LogP contribution in [0, 0.1) is 5.82 Å². The molecule has 0 N–H and O–H groups in total. The Morgan fingerprint density at radius 3 is 2.64 bits per heavy atom. The SMILES string of the molecule is COc1ccc(C2=NN(C(C)=O)C(c3coc4ccc(F)cc4c3=O)O2)cc1. The number of rotatable bonds is 3. The number of methoxy groups -OCH3 is 1. The maximum absolute atomic E-state index is 13.6. The Hall–Kier alpha value is -3.68. The number of benzene rings is 2. The molecular formula is C20H15FN2O5. The van der Waals surface area contributed by atoms with Crippen molar-refractivity contribution >= 4 is 22.8 Å². The van der Waals surface area contributed by atoms with Crippen molar-refractivity contribution in [1.29, 1.82) is 0 Å². The summed E-state index contributed by atoms with van der Waals surface area (Å²) in [6.45, 7) is 1.30. The molecule has 0 saturated carbocycles. The second-order valence-corrected chi connectivity index (χ2v) is 6.13. The Labute approximate surface area is 158 Å². The highest BCUT2D eigenvalue weighted by Gasteiger charge is 2.35. The molecule has 1 unspecified atom stereocenters. The van der Waals surface area contributed by atoms with Gasteiger partial charge < -0.3 is 13.9 Å². The van der Waals surface area contributed by atoms with Crippen molar-refractivity contribution in [2.75, 3.05) is 7.11 Å². The van der Waals surface area contributed by atoms with E-state index < -0.39 is 23.4 Å². The minimum Gasteiger partial charge on any atom is -0.497 e. The smallest absolute Gasteiger partial charge is 0.243 e. The predicted octanol–water partition coefficient (Wildman–Crippen LogP) is 3.18. The topological polar surface area (TPSA) is 81.3 Å². The van der Waals surface area contributed by atoms with Crippen LogP contribution >= 0.6 is 0 Å². The molecule has 0 bridgehead atoms. The third-order valence-electron chi connectivity index (χ3n) is 4.33. The second kappa shape index (κ2) is 6.80. The quantitative estimate of drug-likeness (QED) is 0.695. The van der Waals surface area contributed by atoms with Crippen LogP contribution in [-0.4, -0.2) is 23.9 Å². The fraction of sp³-hybridized carbons (Fsp3) is 0.150. The molecule has 8 heteroatoms. The van der Waals surface area contributed by atoms with Gasteiger partial charge in [0, 0.05) is 12.5 Å². The van der Waals surface area contributed by atoms with Crippen molar-refractivity contribution in [1.82, 2.24) is 5.01 Å². The molecule has 1 atom stereocenters. The molecule has 142 valence electrons. The van der Waals surface area contributed by atoms with E-state index in [0.717, 1.165) is 11.1 Å². The lowest BCUT2D eigenvalue weighted by Crippen LogP contribution is -2.29. The van der Waals surface area contributed by atoms with E-state index in [1.165, 1.54) is 25.3 Å².